The van der Waals surface area contributed by atoms with E-state index in [0.29, 0.717) is 18.6 Å². The maximum absolute atomic E-state index is 12.0. The Labute approximate surface area is 123 Å². The molecular formula is C14H22N4OS. The van der Waals surface area contributed by atoms with E-state index in [1.54, 1.807) is 11.3 Å². The number of amides is 2. The summed E-state index contributed by atoms with van der Waals surface area (Å²) in [5.74, 6) is 0. The molecule has 2 fully saturated rings. The number of carbonyl (C=O) groups excluding carboxylic acids is 1. The molecule has 1 aromatic heterocycles. The van der Waals surface area contributed by atoms with Gasteiger partial charge in [0.1, 0.15) is 5.01 Å². The zero-order valence-electron chi connectivity index (χ0n) is 11.9. The molecule has 2 N–H and O–H groups in total. The molecule has 2 aliphatic heterocycles. The second kappa shape index (κ2) is 6.10. The predicted molar refractivity (Wildman–Crippen MR) is 79.8 cm³/mol. The minimum absolute atomic E-state index is 0.0599. The summed E-state index contributed by atoms with van der Waals surface area (Å²) in [4.78, 5) is 18.9. The van der Waals surface area contributed by atoms with Crippen molar-refractivity contribution in [1.82, 2.24) is 20.5 Å². The third-order valence-corrected chi connectivity index (χ3v) is 5.21. The fraction of sp³-hybridized carbons (Fsp3) is 0.714. The Balaban J connectivity index is 1.46. The SMILES string of the molecule is Cc1csc(CNC(=O)NC2CCN3CCCCC23)n1. The molecule has 0 bridgehead atoms. The Hall–Kier alpha value is -1.14. The van der Waals surface area contributed by atoms with Crippen LogP contribution in [0.25, 0.3) is 0 Å². The molecule has 2 unspecified atom stereocenters. The summed E-state index contributed by atoms with van der Waals surface area (Å²) in [6.07, 6.45) is 4.89. The molecule has 2 aliphatic rings. The van der Waals surface area contributed by atoms with Crippen molar-refractivity contribution in [2.75, 3.05) is 13.1 Å². The van der Waals surface area contributed by atoms with Crippen molar-refractivity contribution in [2.45, 2.75) is 51.2 Å². The number of aromatic nitrogens is 1. The molecule has 2 saturated heterocycles. The normalized spacial score (nSPS) is 26.2. The van der Waals surface area contributed by atoms with Crippen LogP contribution < -0.4 is 10.6 Å². The zero-order chi connectivity index (χ0) is 13.9. The van der Waals surface area contributed by atoms with Crippen LogP contribution in [0.3, 0.4) is 0 Å². The summed E-state index contributed by atoms with van der Waals surface area (Å²) in [5.41, 5.74) is 1.01. The molecule has 2 amide bonds. The van der Waals surface area contributed by atoms with Gasteiger partial charge < -0.3 is 10.6 Å². The first-order valence-electron chi connectivity index (χ1n) is 7.42. The lowest BCUT2D eigenvalue weighted by Crippen LogP contribution is -2.49. The van der Waals surface area contributed by atoms with Crippen molar-refractivity contribution in [2.24, 2.45) is 0 Å². The summed E-state index contributed by atoms with van der Waals surface area (Å²) < 4.78 is 0. The van der Waals surface area contributed by atoms with E-state index in [1.807, 2.05) is 12.3 Å². The largest absolute Gasteiger partial charge is 0.334 e. The molecule has 0 spiro atoms. The van der Waals surface area contributed by atoms with E-state index in [1.165, 1.54) is 25.8 Å². The van der Waals surface area contributed by atoms with Crippen LogP contribution in [0.2, 0.25) is 0 Å². The van der Waals surface area contributed by atoms with Crippen molar-refractivity contribution in [1.29, 1.82) is 0 Å². The van der Waals surface area contributed by atoms with E-state index in [0.717, 1.165) is 23.7 Å². The van der Waals surface area contributed by atoms with Crippen LogP contribution in [0.1, 0.15) is 36.4 Å². The number of thiazole rings is 1. The Kier molecular flexibility index (Phi) is 4.21. The Morgan fingerprint density at radius 3 is 3.15 bits per heavy atom. The summed E-state index contributed by atoms with van der Waals surface area (Å²) >= 11 is 1.59. The number of aryl methyl sites for hydroxylation is 1. The van der Waals surface area contributed by atoms with Gasteiger partial charge in [-0.05, 0) is 32.7 Å². The maximum atomic E-state index is 12.0. The first-order valence-corrected chi connectivity index (χ1v) is 8.30. The van der Waals surface area contributed by atoms with Crippen molar-refractivity contribution < 1.29 is 4.79 Å². The van der Waals surface area contributed by atoms with Crippen LogP contribution >= 0.6 is 11.3 Å². The van der Waals surface area contributed by atoms with Crippen LogP contribution in [-0.2, 0) is 6.54 Å². The quantitative estimate of drug-likeness (QED) is 0.895. The van der Waals surface area contributed by atoms with Gasteiger partial charge in [-0.15, -0.1) is 11.3 Å². The van der Waals surface area contributed by atoms with Gasteiger partial charge in [0.05, 0.1) is 6.54 Å². The lowest BCUT2D eigenvalue weighted by molar-refractivity contribution is 0.179. The van der Waals surface area contributed by atoms with Gasteiger partial charge in [0.2, 0.25) is 0 Å². The third-order valence-electron chi connectivity index (χ3n) is 4.24. The Bertz CT molecular complexity index is 475. The number of nitrogens with one attached hydrogen (secondary N) is 2. The summed E-state index contributed by atoms with van der Waals surface area (Å²) in [6.45, 7) is 4.81. The summed E-state index contributed by atoms with van der Waals surface area (Å²) in [6, 6.07) is 0.806. The molecule has 110 valence electrons. The molecule has 0 saturated carbocycles. The number of piperidine rings is 1. The molecule has 3 rings (SSSR count). The maximum Gasteiger partial charge on any atom is 0.315 e. The number of urea groups is 1. The topological polar surface area (TPSA) is 57.3 Å². The average Bonchev–Trinajstić information content (AvgIpc) is 3.04. The monoisotopic (exact) mass is 294 g/mol. The van der Waals surface area contributed by atoms with Gasteiger partial charge in [-0.1, -0.05) is 6.42 Å². The molecule has 1 aromatic rings. The average molecular weight is 294 g/mol. The molecule has 0 aliphatic carbocycles. The van der Waals surface area contributed by atoms with E-state index >= 15 is 0 Å². The number of nitrogens with zero attached hydrogens (tertiary/aromatic N) is 2. The summed E-state index contributed by atoms with van der Waals surface area (Å²) in [7, 11) is 0. The van der Waals surface area contributed by atoms with Gasteiger partial charge in [0.25, 0.3) is 0 Å². The fourth-order valence-electron chi connectivity index (χ4n) is 3.27. The highest BCUT2D eigenvalue weighted by molar-refractivity contribution is 7.09. The number of fused-ring (bicyclic) bond motifs is 1. The first-order chi connectivity index (χ1) is 9.72. The molecule has 0 aromatic carbocycles. The van der Waals surface area contributed by atoms with Crippen molar-refractivity contribution >= 4 is 17.4 Å². The first kappa shape index (κ1) is 13.8. The van der Waals surface area contributed by atoms with Crippen molar-refractivity contribution in [3.63, 3.8) is 0 Å². The Morgan fingerprint density at radius 2 is 2.35 bits per heavy atom. The van der Waals surface area contributed by atoms with Gasteiger partial charge in [0, 0.05) is 29.7 Å². The van der Waals surface area contributed by atoms with Crippen molar-refractivity contribution in [3.8, 4) is 0 Å². The Morgan fingerprint density at radius 1 is 1.45 bits per heavy atom. The molecule has 5 nitrogen and oxygen atoms in total. The molecular weight excluding hydrogens is 272 g/mol. The number of hydrogen-bond donors (Lipinski definition) is 2. The fourth-order valence-corrected chi connectivity index (χ4v) is 3.99. The lowest BCUT2D eigenvalue weighted by Gasteiger charge is -2.32. The van der Waals surface area contributed by atoms with Crippen LogP contribution in [0.4, 0.5) is 4.79 Å². The van der Waals surface area contributed by atoms with Crippen molar-refractivity contribution in [3.05, 3.63) is 16.1 Å². The van der Waals surface area contributed by atoms with Gasteiger partial charge in [-0.3, -0.25) is 4.90 Å². The van der Waals surface area contributed by atoms with Crippen LogP contribution in [-0.4, -0.2) is 41.1 Å². The smallest absolute Gasteiger partial charge is 0.315 e. The molecule has 6 heteroatoms. The highest BCUT2D eigenvalue weighted by atomic mass is 32.1. The van der Waals surface area contributed by atoms with E-state index in [2.05, 4.69) is 20.5 Å². The molecule has 3 heterocycles. The highest BCUT2D eigenvalue weighted by Gasteiger charge is 2.36. The predicted octanol–water partition coefficient (Wildman–Crippen LogP) is 1.88. The number of hydrogen-bond acceptors (Lipinski definition) is 4. The minimum atomic E-state index is -0.0599. The second-order valence-corrected chi connectivity index (χ2v) is 6.65. The number of rotatable bonds is 3. The third kappa shape index (κ3) is 3.12. The second-order valence-electron chi connectivity index (χ2n) is 5.70. The van der Waals surface area contributed by atoms with E-state index < -0.39 is 0 Å². The van der Waals surface area contributed by atoms with Gasteiger partial charge in [0.15, 0.2) is 0 Å². The molecule has 2 atom stereocenters. The van der Waals surface area contributed by atoms with Crippen LogP contribution in [0.5, 0.6) is 0 Å². The molecule has 0 radical (unpaired) electrons. The van der Waals surface area contributed by atoms with Gasteiger partial charge in [-0.2, -0.15) is 0 Å². The zero-order valence-corrected chi connectivity index (χ0v) is 12.7. The van der Waals surface area contributed by atoms with Gasteiger partial charge in [-0.25, -0.2) is 9.78 Å². The molecule has 20 heavy (non-hydrogen) atoms. The summed E-state index contributed by atoms with van der Waals surface area (Å²) in [5, 5.41) is 9.02. The van der Waals surface area contributed by atoms with Gasteiger partial charge >= 0.3 is 6.03 Å². The number of carbonyl (C=O) groups is 1. The van der Waals surface area contributed by atoms with E-state index in [-0.39, 0.29) is 6.03 Å². The van der Waals surface area contributed by atoms with E-state index in [9.17, 15) is 4.79 Å². The standard InChI is InChI=1S/C14H22N4OS/c1-10-9-20-13(16-10)8-15-14(19)17-11-5-7-18-6-3-2-4-12(11)18/h9,11-12H,2-8H2,1H3,(H2,15,17,19). The van der Waals surface area contributed by atoms with Crippen LogP contribution in [0, 0.1) is 6.92 Å². The highest BCUT2D eigenvalue weighted by Crippen LogP contribution is 2.26. The van der Waals surface area contributed by atoms with E-state index in [4.69, 9.17) is 0 Å². The minimum Gasteiger partial charge on any atom is -0.334 e. The van der Waals surface area contributed by atoms with Crippen LogP contribution in [0.15, 0.2) is 5.38 Å². The lowest BCUT2D eigenvalue weighted by atomic mass is 9.99.